The van der Waals surface area contributed by atoms with Crippen molar-refractivity contribution in [2.45, 2.75) is 0 Å². The smallest absolute Gasteiger partial charge is 0.162 e. The van der Waals surface area contributed by atoms with Gasteiger partial charge in [0.2, 0.25) is 0 Å². The number of fused-ring (bicyclic) bond motifs is 1. The van der Waals surface area contributed by atoms with Gasteiger partial charge in [0.15, 0.2) is 5.82 Å². The molecular weight excluding hydrogens is 329 g/mol. The zero-order valence-electron chi connectivity index (χ0n) is 11.0. The van der Waals surface area contributed by atoms with Crippen LogP contribution < -0.4 is 5.32 Å². The molecular formula is C15H10Cl3N3. The molecule has 0 amide bonds. The maximum atomic E-state index is 6.25. The summed E-state index contributed by atoms with van der Waals surface area (Å²) < 4.78 is 0. The van der Waals surface area contributed by atoms with E-state index in [0.717, 1.165) is 10.9 Å². The lowest BCUT2D eigenvalue weighted by molar-refractivity contribution is 1.21. The van der Waals surface area contributed by atoms with Gasteiger partial charge in [0.1, 0.15) is 5.82 Å². The molecule has 0 fully saturated rings. The van der Waals surface area contributed by atoms with E-state index in [1.54, 1.807) is 31.3 Å². The number of aromatic nitrogens is 2. The highest BCUT2D eigenvalue weighted by Crippen LogP contribution is 2.32. The quantitative estimate of drug-likeness (QED) is 0.689. The first-order chi connectivity index (χ1) is 10.1. The normalized spacial score (nSPS) is 10.9. The summed E-state index contributed by atoms with van der Waals surface area (Å²) in [4.78, 5) is 9.06. The minimum Gasteiger partial charge on any atom is -0.373 e. The van der Waals surface area contributed by atoms with Crippen molar-refractivity contribution < 1.29 is 0 Å². The average molecular weight is 339 g/mol. The van der Waals surface area contributed by atoms with Crippen molar-refractivity contribution in [1.82, 2.24) is 9.97 Å². The van der Waals surface area contributed by atoms with Gasteiger partial charge in [-0.1, -0.05) is 34.8 Å². The summed E-state index contributed by atoms with van der Waals surface area (Å²) in [5.74, 6) is 1.25. The van der Waals surface area contributed by atoms with Crippen LogP contribution in [-0.4, -0.2) is 17.0 Å². The van der Waals surface area contributed by atoms with Gasteiger partial charge in [0.25, 0.3) is 0 Å². The molecule has 3 aromatic rings. The Morgan fingerprint density at radius 2 is 1.62 bits per heavy atom. The van der Waals surface area contributed by atoms with Crippen LogP contribution in [0.3, 0.4) is 0 Å². The van der Waals surface area contributed by atoms with Crippen LogP contribution in [0.1, 0.15) is 0 Å². The van der Waals surface area contributed by atoms with Gasteiger partial charge in [0, 0.05) is 28.0 Å². The molecule has 0 saturated heterocycles. The molecule has 0 unspecified atom stereocenters. The highest BCUT2D eigenvalue weighted by atomic mass is 35.5. The lowest BCUT2D eigenvalue weighted by Crippen LogP contribution is -1.99. The molecule has 1 aromatic heterocycles. The Kier molecular flexibility index (Phi) is 3.89. The van der Waals surface area contributed by atoms with E-state index < -0.39 is 0 Å². The van der Waals surface area contributed by atoms with Crippen LogP contribution in [0.25, 0.3) is 22.3 Å². The maximum absolute atomic E-state index is 6.25. The Morgan fingerprint density at radius 1 is 0.905 bits per heavy atom. The number of hydrogen-bond donors (Lipinski definition) is 1. The minimum atomic E-state index is 0.492. The predicted molar refractivity (Wildman–Crippen MR) is 89.6 cm³/mol. The van der Waals surface area contributed by atoms with Crippen LogP contribution in [0.15, 0.2) is 36.4 Å². The molecule has 3 rings (SSSR count). The zero-order valence-corrected chi connectivity index (χ0v) is 13.3. The van der Waals surface area contributed by atoms with Gasteiger partial charge in [-0.2, -0.15) is 0 Å². The fraction of sp³-hybridized carbons (Fsp3) is 0.0667. The third-order valence-corrected chi connectivity index (χ3v) is 3.82. The van der Waals surface area contributed by atoms with Crippen LogP contribution in [0, 0.1) is 0 Å². The van der Waals surface area contributed by atoms with E-state index in [0.29, 0.717) is 32.2 Å². The van der Waals surface area contributed by atoms with Gasteiger partial charge in [-0.05, 0) is 36.4 Å². The first kappa shape index (κ1) is 14.4. The van der Waals surface area contributed by atoms with Gasteiger partial charge in [-0.25, -0.2) is 9.97 Å². The minimum absolute atomic E-state index is 0.492. The molecule has 0 aliphatic rings. The molecule has 106 valence electrons. The largest absolute Gasteiger partial charge is 0.373 e. The number of benzene rings is 2. The van der Waals surface area contributed by atoms with Crippen molar-refractivity contribution in [2.75, 3.05) is 12.4 Å². The van der Waals surface area contributed by atoms with Crippen molar-refractivity contribution in [1.29, 1.82) is 0 Å². The molecule has 1 N–H and O–H groups in total. The lowest BCUT2D eigenvalue weighted by atomic mass is 10.2. The summed E-state index contributed by atoms with van der Waals surface area (Å²) in [7, 11) is 1.79. The van der Waals surface area contributed by atoms with Crippen LogP contribution in [0.4, 0.5) is 5.82 Å². The summed E-state index contributed by atoms with van der Waals surface area (Å²) in [6.45, 7) is 0. The van der Waals surface area contributed by atoms with Crippen LogP contribution in [-0.2, 0) is 0 Å². The van der Waals surface area contributed by atoms with E-state index in [1.807, 2.05) is 12.1 Å². The molecule has 0 aliphatic heterocycles. The summed E-state index contributed by atoms with van der Waals surface area (Å²) in [5.41, 5.74) is 1.52. The van der Waals surface area contributed by atoms with E-state index in [4.69, 9.17) is 34.8 Å². The molecule has 0 saturated carbocycles. The Labute approximate surface area is 136 Å². The van der Waals surface area contributed by atoms with Crippen LogP contribution >= 0.6 is 34.8 Å². The number of halogens is 3. The van der Waals surface area contributed by atoms with Crippen molar-refractivity contribution in [2.24, 2.45) is 0 Å². The Hall–Kier alpha value is -1.55. The monoisotopic (exact) mass is 337 g/mol. The highest BCUT2D eigenvalue weighted by molar-refractivity contribution is 6.38. The Balaban J connectivity index is 2.28. The van der Waals surface area contributed by atoms with Crippen molar-refractivity contribution >= 4 is 51.5 Å². The van der Waals surface area contributed by atoms with Gasteiger partial charge in [0.05, 0.1) is 10.5 Å². The number of nitrogens with one attached hydrogen (secondary N) is 1. The maximum Gasteiger partial charge on any atom is 0.162 e. The molecule has 0 aliphatic carbocycles. The first-order valence-corrected chi connectivity index (χ1v) is 7.32. The second-order valence-electron chi connectivity index (χ2n) is 4.44. The second kappa shape index (κ2) is 5.68. The van der Waals surface area contributed by atoms with E-state index in [-0.39, 0.29) is 0 Å². The summed E-state index contributed by atoms with van der Waals surface area (Å²) in [5, 5.41) is 5.54. The fourth-order valence-corrected chi connectivity index (χ4v) is 2.74. The van der Waals surface area contributed by atoms with Gasteiger partial charge < -0.3 is 5.32 Å². The lowest BCUT2D eigenvalue weighted by Gasteiger charge is -2.10. The summed E-state index contributed by atoms with van der Waals surface area (Å²) >= 11 is 18.2. The summed E-state index contributed by atoms with van der Waals surface area (Å²) in [6.07, 6.45) is 0. The van der Waals surface area contributed by atoms with E-state index in [2.05, 4.69) is 15.3 Å². The molecule has 3 nitrogen and oxygen atoms in total. The number of nitrogens with zero attached hydrogens (tertiary/aromatic N) is 2. The molecule has 0 atom stereocenters. The van der Waals surface area contributed by atoms with E-state index in [9.17, 15) is 0 Å². The van der Waals surface area contributed by atoms with Crippen LogP contribution in [0.2, 0.25) is 15.1 Å². The Bertz CT molecular complexity index is 817. The molecule has 1 heterocycles. The number of hydrogen-bond acceptors (Lipinski definition) is 3. The molecule has 0 spiro atoms. The standard InChI is InChI=1S/C15H10Cl3N3/c1-19-15-11-6-10(17)7-12(18)13(11)20-14(21-15)8-2-4-9(16)5-3-8/h2-7H,1H3,(H,19,20,21). The first-order valence-electron chi connectivity index (χ1n) is 6.19. The Morgan fingerprint density at radius 3 is 2.29 bits per heavy atom. The zero-order chi connectivity index (χ0) is 15.0. The fourth-order valence-electron chi connectivity index (χ4n) is 2.08. The van der Waals surface area contributed by atoms with Gasteiger partial charge >= 0.3 is 0 Å². The van der Waals surface area contributed by atoms with Gasteiger partial charge in [-0.15, -0.1) is 0 Å². The van der Waals surface area contributed by atoms with Crippen molar-refractivity contribution in [3.63, 3.8) is 0 Å². The van der Waals surface area contributed by atoms with E-state index in [1.165, 1.54) is 0 Å². The number of anilines is 1. The highest BCUT2D eigenvalue weighted by Gasteiger charge is 2.12. The van der Waals surface area contributed by atoms with Gasteiger partial charge in [-0.3, -0.25) is 0 Å². The summed E-state index contributed by atoms with van der Waals surface area (Å²) in [6, 6.07) is 10.8. The van der Waals surface area contributed by atoms with Crippen molar-refractivity contribution in [3.8, 4) is 11.4 Å². The molecule has 2 aromatic carbocycles. The average Bonchev–Trinajstić information content (AvgIpc) is 2.47. The SMILES string of the molecule is CNc1nc(-c2ccc(Cl)cc2)nc2c(Cl)cc(Cl)cc12. The molecule has 21 heavy (non-hydrogen) atoms. The third-order valence-electron chi connectivity index (χ3n) is 3.06. The second-order valence-corrected chi connectivity index (χ2v) is 5.72. The van der Waals surface area contributed by atoms with E-state index >= 15 is 0 Å². The number of rotatable bonds is 2. The third kappa shape index (κ3) is 2.77. The van der Waals surface area contributed by atoms with Crippen molar-refractivity contribution in [3.05, 3.63) is 51.5 Å². The predicted octanol–water partition coefficient (Wildman–Crippen LogP) is 5.30. The molecule has 0 radical (unpaired) electrons. The van der Waals surface area contributed by atoms with Crippen LogP contribution in [0.5, 0.6) is 0 Å². The molecule has 6 heteroatoms. The topological polar surface area (TPSA) is 37.8 Å². The molecule has 0 bridgehead atoms.